The Hall–Kier alpha value is -2.31. The molecule has 2 aromatic carbocycles. The molecule has 3 rings (SSSR count). The standard InChI is InChI=1S/C19H16ClF3N2O/c20-18-6-4-15(5-7-18)16-11-24-25(12-16)8-9-26-13-14-2-1-3-17(10-14)19(21,22)23/h1-7,10-12H,8-9,13H2. The predicted molar refractivity (Wildman–Crippen MR) is 93.8 cm³/mol. The zero-order chi connectivity index (χ0) is 18.6. The molecular formula is C19H16ClF3N2O. The normalized spacial score (nSPS) is 11.7. The van der Waals surface area contributed by atoms with E-state index < -0.39 is 11.7 Å². The van der Waals surface area contributed by atoms with E-state index in [4.69, 9.17) is 16.3 Å². The third-order valence-electron chi connectivity index (χ3n) is 3.80. The maximum absolute atomic E-state index is 12.7. The van der Waals surface area contributed by atoms with Gasteiger partial charge < -0.3 is 4.74 Å². The Balaban J connectivity index is 1.51. The smallest absolute Gasteiger partial charge is 0.375 e. The Morgan fingerprint density at radius 2 is 1.81 bits per heavy atom. The molecule has 26 heavy (non-hydrogen) atoms. The molecular weight excluding hydrogens is 365 g/mol. The van der Waals surface area contributed by atoms with Crippen molar-refractivity contribution in [1.82, 2.24) is 9.78 Å². The summed E-state index contributed by atoms with van der Waals surface area (Å²) in [5, 5.41) is 4.93. The van der Waals surface area contributed by atoms with Gasteiger partial charge in [-0.2, -0.15) is 18.3 Å². The minimum atomic E-state index is -4.34. The van der Waals surface area contributed by atoms with E-state index in [1.807, 2.05) is 30.5 Å². The summed E-state index contributed by atoms with van der Waals surface area (Å²) < 4.78 is 45.3. The Kier molecular flexibility index (Phi) is 5.64. The maximum Gasteiger partial charge on any atom is 0.416 e. The molecule has 3 nitrogen and oxygen atoms in total. The first-order chi connectivity index (χ1) is 12.4. The van der Waals surface area contributed by atoms with E-state index in [9.17, 15) is 13.2 Å². The van der Waals surface area contributed by atoms with Crippen LogP contribution in [0.25, 0.3) is 11.1 Å². The molecule has 0 saturated carbocycles. The largest absolute Gasteiger partial charge is 0.416 e. The first-order valence-corrected chi connectivity index (χ1v) is 8.32. The summed E-state index contributed by atoms with van der Waals surface area (Å²) in [5.74, 6) is 0. The third kappa shape index (κ3) is 4.86. The minimum absolute atomic E-state index is 0.120. The van der Waals surface area contributed by atoms with E-state index in [0.717, 1.165) is 23.3 Å². The fourth-order valence-electron chi connectivity index (χ4n) is 2.46. The van der Waals surface area contributed by atoms with Gasteiger partial charge in [0, 0.05) is 16.8 Å². The summed E-state index contributed by atoms with van der Waals surface area (Å²) in [6.45, 7) is 0.972. The van der Waals surface area contributed by atoms with Crippen molar-refractivity contribution in [1.29, 1.82) is 0 Å². The van der Waals surface area contributed by atoms with Gasteiger partial charge in [-0.1, -0.05) is 35.9 Å². The van der Waals surface area contributed by atoms with Crippen LogP contribution < -0.4 is 0 Å². The van der Waals surface area contributed by atoms with E-state index in [1.54, 1.807) is 16.9 Å². The lowest BCUT2D eigenvalue weighted by atomic mass is 10.1. The lowest BCUT2D eigenvalue weighted by Crippen LogP contribution is -2.08. The summed E-state index contributed by atoms with van der Waals surface area (Å²) in [6.07, 6.45) is -0.712. The molecule has 0 atom stereocenters. The quantitative estimate of drug-likeness (QED) is 0.532. The van der Waals surface area contributed by atoms with Crippen LogP contribution in [0.3, 0.4) is 0 Å². The molecule has 1 heterocycles. The lowest BCUT2D eigenvalue weighted by molar-refractivity contribution is -0.137. The van der Waals surface area contributed by atoms with Crippen LogP contribution in [0.5, 0.6) is 0 Å². The second-order valence-corrected chi connectivity index (χ2v) is 6.19. The molecule has 0 bridgehead atoms. The summed E-state index contributed by atoms with van der Waals surface area (Å²) in [5.41, 5.74) is 1.78. The first kappa shape index (κ1) is 18.5. The number of rotatable bonds is 6. The third-order valence-corrected chi connectivity index (χ3v) is 4.05. The predicted octanol–water partition coefficient (Wildman–Crippen LogP) is 5.44. The Morgan fingerprint density at radius 1 is 1.04 bits per heavy atom. The maximum atomic E-state index is 12.7. The van der Waals surface area contributed by atoms with Crippen LogP contribution in [0, 0.1) is 0 Å². The first-order valence-electron chi connectivity index (χ1n) is 7.94. The molecule has 0 amide bonds. The van der Waals surface area contributed by atoms with E-state index >= 15 is 0 Å². The van der Waals surface area contributed by atoms with Gasteiger partial charge in [-0.05, 0) is 35.4 Å². The number of hydrogen-bond acceptors (Lipinski definition) is 2. The van der Waals surface area contributed by atoms with E-state index in [0.29, 0.717) is 23.7 Å². The van der Waals surface area contributed by atoms with Gasteiger partial charge in [0.05, 0.1) is 31.5 Å². The Bertz CT molecular complexity index is 860. The van der Waals surface area contributed by atoms with Crippen LogP contribution >= 0.6 is 11.6 Å². The number of aromatic nitrogens is 2. The van der Waals surface area contributed by atoms with Gasteiger partial charge in [0.25, 0.3) is 0 Å². The second-order valence-electron chi connectivity index (χ2n) is 5.75. The van der Waals surface area contributed by atoms with Crippen molar-refractivity contribution in [3.63, 3.8) is 0 Å². The molecule has 7 heteroatoms. The topological polar surface area (TPSA) is 27.1 Å². The fourth-order valence-corrected chi connectivity index (χ4v) is 2.59. The highest BCUT2D eigenvalue weighted by atomic mass is 35.5. The summed E-state index contributed by atoms with van der Waals surface area (Å²) in [4.78, 5) is 0. The summed E-state index contributed by atoms with van der Waals surface area (Å²) >= 11 is 5.87. The molecule has 0 aliphatic rings. The van der Waals surface area contributed by atoms with Gasteiger partial charge in [0.2, 0.25) is 0 Å². The van der Waals surface area contributed by atoms with Crippen LogP contribution in [-0.2, 0) is 24.1 Å². The summed E-state index contributed by atoms with van der Waals surface area (Å²) in [7, 11) is 0. The number of alkyl halides is 3. The van der Waals surface area contributed by atoms with Gasteiger partial charge in [-0.15, -0.1) is 0 Å². The number of ether oxygens (including phenoxy) is 1. The van der Waals surface area contributed by atoms with Gasteiger partial charge >= 0.3 is 6.18 Å². The molecule has 136 valence electrons. The molecule has 0 radical (unpaired) electrons. The van der Waals surface area contributed by atoms with Crippen molar-refractivity contribution < 1.29 is 17.9 Å². The van der Waals surface area contributed by atoms with E-state index in [1.165, 1.54) is 6.07 Å². The highest BCUT2D eigenvalue weighted by Gasteiger charge is 2.30. The second kappa shape index (κ2) is 7.93. The molecule has 1 aromatic heterocycles. The highest BCUT2D eigenvalue weighted by Crippen LogP contribution is 2.29. The van der Waals surface area contributed by atoms with Crippen molar-refractivity contribution in [3.05, 3.63) is 77.1 Å². The monoisotopic (exact) mass is 380 g/mol. The van der Waals surface area contributed by atoms with Crippen molar-refractivity contribution >= 4 is 11.6 Å². The van der Waals surface area contributed by atoms with E-state index in [2.05, 4.69) is 5.10 Å². The van der Waals surface area contributed by atoms with Crippen molar-refractivity contribution in [2.24, 2.45) is 0 Å². The van der Waals surface area contributed by atoms with Gasteiger partial charge in [-0.3, -0.25) is 4.68 Å². The van der Waals surface area contributed by atoms with Gasteiger partial charge in [0.1, 0.15) is 0 Å². The lowest BCUT2D eigenvalue weighted by Gasteiger charge is -2.09. The van der Waals surface area contributed by atoms with Crippen LogP contribution in [-0.4, -0.2) is 16.4 Å². The number of nitrogens with zero attached hydrogens (tertiary/aromatic N) is 2. The van der Waals surface area contributed by atoms with Crippen LogP contribution in [0.2, 0.25) is 5.02 Å². The van der Waals surface area contributed by atoms with Crippen molar-refractivity contribution in [3.8, 4) is 11.1 Å². The molecule has 0 aliphatic carbocycles. The van der Waals surface area contributed by atoms with Crippen molar-refractivity contribution in [2.45, 2.75) is 19.3 Å². The zero-order valence-electron chi connectivity index (χ0n) is 13.7. The summed E-state index contributed by atoms with van der Waals surface area (Å²) in [6, 6.07) is 12.6. The molecule has 0 saturated heterocycles. The zero-order valence-corrected chi connectivity index (χ0v) is 14.5. The fraction of sp³-hybridized carbons (Fsp3) is 0.211. The average Bonchev–Trinajstić information content (AvgIpc) is 3.08. The van der Waals surface area contributed by atoms with Crippen LogP contribution in [0.4, 0.5) is 13.2 Å². The van der Waals surface area contributed by atoms with Gasteiger partial charge in [0.15, 0.2) is 0 Å². The molecule has 0 fully saturated rings. The van der Waals surface area contributed by atoms with Crippen LogP contribution in [0.15, 0.2) is 60.9 Å². The van der Waals surface area contributed by atoms with Crippen LogP contribution in [0.1, 0.15) is 11.1 Å². The molecule has 0 aliphatic heterocycles. The molecule has 0 unspecified atom stereocenters. The number of halogens is 4. The van der Waals surface area contributed by atoms with Crippen molar-refractivity contribution in [2.75, 3.05) is 6.61 Å². The van der Waals surface area contributed by atoms with Gasteiger partial charge in [-0.25, -0.2) is 0 Å². The number of hydrogen-bond donors (Lipinski definition) is 0. The molecule has 0 spiro atoms. The molecule has 3 aromatic rings. The average molecular weight is 381 g/mol. The highest BCUT2D eigenvalue weighted by molar-refractivity contribution is 6.30. The van der Waals surface area contributed by atoms with E-state index in [-0.39, 0.29) is 6.61 Å². The Morgan fingerprint density at radius 3 is 2.54 bits per heavy atom. The molecule has 0 N–H and O–H groups in total. The number of benzene rings is 2. The Labute approximate surface area is 154 Å². The SMILES string of the molecule is FC(F)(F)c1cccc(COCCn2cc(-c3ccc(Cl)cc3)cn2)c1. The minimum Gasteiger partial charge on any atom is -0.375 e.